The zero-order chi connectivity index (χ0) is 15.1. The third-order valence-electron chi connectivity index (χ3n) is 3.60. The Bertz CT molecular complexity index is 519. The van der Waals surface area contributed by atoms with E-state index in [0.717, 1.165) is 31.9 Å². The Labute approximate surface area is 128 Å². The van der Waals surface area contributed by atoms with Crippen LogP contribution in [0.1, 0.15) is 37.7 Å². The van der Waals surface area contributed by atoms with Crippen molar-refractivity contribution in [2.45, 2.75) is 46.4 Å². The van der Waals surface area contributed by atoms with Gasteiger partial charge in [-0.1, -0.05) is 37.3 Å². The van der Waals surface area contributed by atoms with E-state index in [0.29, 0.717) is 6.04 Å². The number of benzene rings is 1. The fourth-order valence-corrected chi connectivity index (χ4v) is 2.31. The van der Waals surface area contributed by atoms with Gasteiger partial charge in [0.25, 0.3) is 0 Å². The highest BCUT2D eigenvalue weighted by Gasteiger charge is 2.13. The predicted octanol–water partition coefficient (Wildman–Crippen LogP) is 3.80. The summed E-state index contributed by atoms with van der Waals surface area (Å²) in [6.07, 6.45) is 1.86. The summed E-state index contributed by atoms with van der Waals surface area (Å²) >= 11 is 0. The molecule has 0 amide bonds. The zero-order valence-corrected chi connectivity index (χ0v) is 13.3. The molecule has 1 N–H and O–H groups in total. The molecule has 1 aromatic heterocycles. The second-order valence-corrected chi connectivity index (χ2v) is 5.69. The molecule has 1 aromatic carbocycles. The van der Waals surface area contributed by atoms with Gasteiger partial charge in [0.05, 0.1) is 12.8 Å². The van der Waals surface area contributed by atoms with Crippen LogP contribution in [0.5, 0.6) is 0 Å². The summed E-state index contributed by atoms with van der Waals surface area (Å²) in [6, 6.07) is 13.2. The van der Waals surface area contributed by atoms with Crippen molar-refractivity contribution >= 4 is 0 Å². The van der Waals surface area contributed by atoms with E-state index in [2.05, 4.69) is 67.4 Å². The van der Waals surface area contributed by atoms with Gasteiger partial charge in [-0.25, -0.2) is 0 Å². The van der Waals surface area contributed by atoms with Gasteiger partial charge in [0.1, 0.15) is 5.76 Å². The third-order valence-corrected chi connectivity index (χ3v) is 3.60. The van der Waals surface area contributed by atoms with Crippen LogP contribution in [0.4, 0.5) is 0 Å². The summed E-state index contributed by atoms with van der Waals surface area (Å²) in [6.45, 7) is 10.2. The molecule has 0 bridgehead atoms. The van der Waals surface area contributed by atoms with Crippen LogP contribution in [0.15, 0.2) is 47.1 Å². The van der Waals surface area contributed by atoms with Gasteiger partial charge in [-0.3, -0.25) is 4.90 Å². The molecule has 0 aliphatic heterocycles. The van der Waals surface area contributed by atoms with E-state index < -0.39 is 0 Å². The normalized spacial score (nSPS) is 11.5. The molecule has 0 atom stereocenters. The van der Waals surface area contributed by atoms with Crippen LogP contribution in [-0.2, 0) is 19.6 Å². The van der Waals surface area contributed by atoms with E-state index in [9.17, 15) is 0 Å². The molecule has 3 nitrogen and oxygen atoms in total. The SMILES string of the molecule is CCNCc1coc(CN(Cc2ccccc2)C(C)C)c1. The van der Waals surface area contributed by atoms with Crippen molar-refractivity contribution in [2.75, 3.05) is 6.54 Å². The maximum Gasteiger partial charge on any atom is 0.118 e. The van der Waals surface area contributed by atoms with Crippen LogP contribution < -0.4 is 5.32 Å². The fraction of sp³-hybridized carbons (Fsp3) is 0.444. The molecule has 3 heteroatoms. The van der Waals surface area contributed by atoms with Crippen molar-refractivity contribution < 1.29 is 4.42 Å². The topological polar surface area (TPSA) is 28.4 Å². The lowest BCUT2D eigenvalue weighted by Gasteiger charge is -2.25. The minimum atomic E-state index is 0.479. The van der Waals surface area contributed by atoms with E-state index in [1.165, 1.54) is 11.1 Å². The first-order chi connectivity index (χ1) is 10.2. The van der Waals surface area contributed by atoms with E-state index >= 15 is 0 Å². The number of rotatable bonds is 8. The number of nitrogens with one attached hydrogen (secondary N) is 1. The monoisotopic (exact) mass is 286 g/mol. The maximum atomic E-state index is 5.70. The van der Waals surface area contributed by atoms with Crippen LogP contribution in [0.2, 0.25) is 0 Å². The van der Waals surface area contributed by atoms with Crippen LogP contribution in [0.25, 0.3) is 0 Å². The first-order valence-electron chi connectivity index (χ1n) is 7.74. The highest BCUT2D eigenvalue weighted by molar-refractivity contribution is 5.16. The standard InChI is InChI=1S/C18H26N2O/c1-4-19-11-17-10-18(21-14-17)13-20(15(2)3)12-16-8-6-5-7-9-16/h5-10,14-15,19H,4,11-13H2,1-3H3. The smallest absolute Gasteiger partial charge is 0.118 e. The molecule has 0 fully saturated rings. The van der Waals surface area contributed by atoms with E-state index in [1.807, 2.05) is 6.26 Å². The Morgan fingerprint density at radius 2 is 1.86 bits per heavy atom. The van der Waals surface area contributed by atoms with Crippen molar-refractivity contribution in [3.63, 3.8) is 0 Å². The van der Waals surface area contributed by atoms with Crippen LogP contribution in [-0.4, -0.2) is 17.5 Å². The Morgan fingerprint density at radius 1 is 1.10 bits per heavy atom. The van der Waals surface area contributed by atoms with Crippen molar-refractivity contribution in [3.05, 3.63) is 59.5 Å². The highest BCUT2D eigenvalue weighted by atomic mass is 16.3. The second kappa shape index (κ2) is 8.01. The Hall–Kier alpha value is -1.58. The summed E-state index contributed by atoms with van der Waals surface area (Å²) in [5.74, 6) is 1.03. The third kappa shape index (κ3) is 5.03. The molecule has 0 unspecified atom stereocenters. The summed E-state index contributed by atoms with van der Waals surface area (Å²) in [5, 5.41) is 3.32. The van der Waals surface area contributed by atoms with Gasteiger partial charge in [-0.05, 0) is 32.0 Å². The van der Waals surface area contributed by atoms with Gasteiger partial charge < -0.3 is 9.73 Å². The molecule has 1 heterocycles. The number of furan rings is 1. The number of hydrogen-bond acceptors (Lipinski definition) is 3. The van der Waals surface area contributed by atoms with Gasteiger partial charge >= 0.3 is 0 Å². The van der Waals surface area contributed by atoms with Crippen LogP contribution >= 0.6 is 0 Å². The highest BCUT2D eigenvalue weighted by Crippen LogP contribution is 2.15. The molecule has 0 saturated carbocycles. The Morgan fingerprint density at radius 3 is 2.52 bits per heavy atom. The first-order valence-corrected chi connectivity index (χ1v) is 7.74. The largest absolute Gasteiger partial charge is 0.468 e. The summed E-state index contributed by atoms with van der Waals surface area (Å²) in [5.41, 5.74) is 2.56. The second-order valence-electron chi connectivity index (χ2n) is 5.69. The van der Waals surface area contributed by atoms with Crippen molar-refractivity contribution in [1.82, 2.24) is 10.2 Å². The van der Waals surface area contributed by atoms with E-state index in [-0.39, 0.29) is 0 Å². The lowest BCUT2D eigenvalue weighted by Crippen LogP contribution is -2.29. The molecule has 0 saturated heterocycles. The lowest BCUT2D eigenvalue weighted by molar-refractivity contribution is 0.188. The van der Waals surface area contributed by atoms with E-state index in [1.54, 1.807) is 0 Å². The first kappa shape index (κ1) is 15.8. The van der Waals surface area contributed by atoms with E-state index in [4.69, 9.17) is 4.42 Å². The molecule has 0 radical (unpaired) electrons. The van der Waals surface area contributed by atoms with Crippen LogP contribution in [0.3, 0.4) is 0 Å². The van der Waals surface area contributed by atoms with Crippen molar-refractivity contribution in [1.29, 1.82) is 0 Å². The molecule has 2 aromatic rings. The summed E-state index contributed by atoms with van der Waals surface area (Å²) in [4.78, 5) is 2.42. The van der Waals surface area contributed by atoms with Crippen molar-refractivity contribution in [3.8, 4) is 0 Å². The molecule has 0 aliphatic carbocycles. The predicted molar refractivity (Wildman–Crippen MR) is 86.9 cm³/mol. The minimum absolute atomic E-state index is 0.479. The van der Waals surface area contributed by atoms with Gasteiger partial charge in [0.2, 0.25) is 0 Å². The Kier molecular flexibility index (Phi) is 6.03. The average Bonchev–Trinajstić information content (AvgIpc) is 2.93. The molecular formula is C18H26N2O. The average molecular weight is 286 g/mol. The summed E-state index contributed by atoms with van der Waals surface area (Å²) < 4.78 is 5.70. The molecule has 0 aliphatic rings. The zero-order valence-electron chi connectivity index (χ0n) is 13.3. The quantitative estimate of drug-likeness (QED) is 0.800. The molecule has 21 heavy (non-hydrogen) atoms. The molecular weight excluding hydrogens is 260 g/mol. The van der Waals surface area contributed by atoms with Gasteiger partial charge in [-0.2, -0.15) is 0 Å². The molecule has 2 rings (SSSR count). The van der Waals surface area contributed by atoms with Crippen molar-refractivity contribution in [2.24, 2.45) is 0 Å². The van der Waals surface area contributed by atoms with Gasteiger partial charge in [0, 0.05) is 24.7 Å². The number of hydrogen-bond donors (Lipinski definition) is 1. The van der Waals surface area contributed by atoms with Gasteiger partial charge in [-0.15, -0.1) is 0 Å². The lowest BCUT2D eigenvalue weighted by atomic mass is 10.2. The Balaban J connectivity index is 1.97. The molecule has 114 valence electrons. The maximum absolute atomic E-state index is 5.70. The summed E-state index contributed by atoms with van der Waals surface area (Å²) in [7, 11) is 0. The minimum Gasteiger partial charge on any atom is -0.468 e. The molecule has 0 spiro atoms. The van der Waals surface area contributed by atoms with Gasteiger partial charge in [0.15, 0.2) is 0 Å². The van der Waals surface area contributed by atoms with Crippen LogP contribution in [0, 0.1) is 0 Å². The number of nitrogens with zero attached hydrogens (tertiary/aromatic N) is 1. The fourth-order valence-electron chi connectivity index (χ4n) is 2.31.